The molecule has 0 unspecified atom stereocenters. The second-order valence-electron chi connectivity index (χ2n) is 7.24. The summed E-state index contributed by atoms with van der Waals surface area (Å²) >= 11 is 0. The zero-order valence-corrected chi connectivity index (χ0v) is 13.3. The fraction of sp³-hybridized carbons (Fsp3) is 0.867. The van der Waals surface area contributed by atoms with Gasteiger partial charge in [0, 0.05) is 19.6 Å². The Hall–Kier alpha value is -1.47. The number of carboxylic acid groups (broad SMARTS) is 1. The molecular formula is C15H23F3N2O3. The van der Waals surface area contributed by atoms with Crippen LogP contribution >= 0.6 is 0 Å². The van der Waals surface area contributed by atoms with Crippen LogP contribution in [0, 0.1) is 23.2 Å². The molecule has 0 aromatic rings. The van der Waals surface area contributed by atoms with Crippen molar-refractivity contribution in [1.82, 2.24) is 10.2 Å². The lowest BCUT2D eigenvalue weighted by atomic mass is 9.84. The number of rotatable bonds is 5. The molecule has 1 saturated heterocycles. The number of amides is 2. The van der Waals surface area contributed by atoms with E-state index in [1.54, 1.807) is 0 Å². The minimum Gasteiger partial charge on any atom is -0.481 e. The van der Waals surface area contributed by atoms with Gasteiger partial charge in [0.25, 0.3) is 0 Å². The van der Waals surface area contributed by atoms with Crippen molar-refractivity contribution in [1.29, 1.82) is 0 Å². The van der Waals surface area contributed by atoms with Crippen LogP contribution < -0.4 is 5.32 Å². The van der Waals surface area contributed by atoms with E-state index in [1.807, 2.05) is 0 Å². The highest BCUT2D eigenvalue weighted by atomic mass is 19.4. The highest BCUT2D eigenvalue weighted by molar-refractivity contribution is 5.77. The average Bonchev–Trinajstić information content (AvgIpc) is 3.16. The van der Waals surface area contributed by atoms with Crippen LogP contribution in [0.1, 0.15) is 33.1 Å². The lowest BCUT2D eigenvalue weighted by Crippen LogP contribution is -2.40. The van der Waals surface area contributed by atoms with Gasteiger partial charge in [-0.2, -0.15) is 13.2 Å². The number of nitrogens with one attached hydrogen (secondary N) is 1. The number of likely N-dealkylation sites (tertiary alicyclic amines) is 1. The van der Waals surface area contributed by atoms with E-state index < -0.39 is 43.1 Å². The van der Waals surface area contributed by atoms with E-state index in [4.69, 9.17) is 5.11 Å². The van der Waals surface area contributed by atoms with Crippen molar-refractivity contribution in [3.8, 4) is 0 Å². The van der Waals surface area contributed by atoms with Gasteiger partial charge in [-0.05, 0) is 30.6 Å². The molecule has 2 rings (SSSR count). The fourth-order valence-corrected chi connectivity index (χ4v) is 3.22. The molecule has 0 aromatic carbocycles. The van der Waals surface area contributed by atoms with Gasteiger partial charge in [-0.1, -0.05) is 13.8 Å². The van der Waals surface area contributed by atoms with Gasteiger partial charge in [0.15, 0.2) is 0 Å². The van der Waals surface area contributed by atoms with Gasteiger partial charge in [0.1, 0.15) is 0 Å². The molecule has 23 heavy (non-hydrogen) atoms. The van der Waals surface area contributed by atoms with Crippen molar-refractivity contribution in [2.45, 2.75) is 39.3 Å². The van der Waals surface area contributed by atoms with E-state index in [-0.39, 0.29) is 5.41 Å². The molecule has 1 aliphatic heterocycles. The third-order valence-electron chi connectivity index (χ3n) is 5.07. The minimum absolute atomic E-state index is 0.108. The van der Waals surface area contributed by atoms with Gasteiger partial charge in [-0.3, -0.25) is 4.79 Å². The topological polar surface area (TPSA) is 69.6 Å². The van der Waals surface area contributed by atoms with Crippen LogP contribution in [0.2, 0.25) is 0 Å². The molecule has 2 N–H and O–H groups in total. The van der Waals surface area contributed by atoms with Gasteiger partial charge in [-0.25, -0.2) is 4.79 Å². The summed E-state index contributed by atoms with van der Waals surface area (Å²) in [6.07, 6.45) is -1.50. The Kier molecular flexibility index (Phi) is 4.82. The van der Waals surface area contributed by atoms with E-state index in [9.17, 15) is 22.8 Å². The van der Waals surface area contributed by atoms with Crippen LogP contribution in [0.3, 0.4) is 0 Å². The van der Waals surface area contributed by atoms with Crippen molar-refractivity contribution in [3.05, 3.63) is 0 Å². The van der Waals surface area contributed by atoms with Gasteiger partial charge in [0.2, 0.25) is 0 Å². The number of carbonyl (C=O) groups is 2. The number of nitrogens with zero attached hydrogens (tertiary/aromatic N) is 1. The lowest BCUT2D eigenvalue weighted by molar-refractivity contribution is -0.187. The third-order valence-corrected chi connectivity index (χ3v) is 5.07. The smallest absolute Gasteiger partial charge is 0.394 e. The highest BCUT2D eigenvalue weighted by Gasteiger charge is 2.53. The number of carbonyl (C=O) groups excluding carboxylic acids is 1. The Balaban J connectivity index is 1.86. The molecule has 5 nitrogen and oxygen atoms in total. The Morgan fingerprint density at radius 1 is 1.22 bits per heavy atom. The fourth-order valence-electron chi connectivity index (χ4n) is 3.22. The van der Waals surface area contributed by atoms with Gasteiger partial charge >= 0.3 is 18.2 Å². The molecule has 132 valence electrons. The summed E-state index contributed by atoms with van der Waals surface area (Å²) in [6.45, 7) is 3.61. The summed E-state index contributed by atoms with van der Waals surface area (Å²) in [4.78, 5) is 24.0. The number of hydrogen-bond donors (Lipinski definition) is 2. The maximum atomic E-state index is 12.9. The van der Waals surface area contributed by atoms with Crippen LogP contribution in [0.5, 0.6) is 0 Å². The van der Waals surface area contributed by atoms with Gasteiger partial charge in [-0.15, -0.1) is 0 Å². The summed E-state index contributed by atoms with van der Waals surface area (Å²) < 4.78 is 38.7. The van der Waals surface area contributed by atoms with Crippen molar-refractivity contribution < 1.29 is 27.9 Å². The number of carboxylic acids is 1. The Morgan fingerprint density at radius 2 is 1.83 bits per heavy atom. The first-order valence-corrected chi connectivity index (χ1v) is 7.84. The third kappa shape index (κ3) is 4.29. The van der Waals surface area contributed by atoms with Gasteiger partial charge in [0.05, 0.1) is 11.8 Å². The SMILES string of the molecule is CC(C)(CCNC(=O)N1C[C@@H](C(F)(F)F)[C@H](C(=O)O)C1)C1CC1. The maximum absolute atomic E-state index is 12.9. The van der Waals surface area contributed by atoms with Crippen molar-refractivity contribution in [3.63, 3.8) is 0 Å². The zero-order valence-electron chi connectivity index (χ0n) is 13.3. The van der Waals surface area contributed by atoms with Crippen molar-refractivity contribution in [2.75, 3.05) is 19.6 Å². The van der Waals surface area contributed by atoms with Crippen LogP contribution in [-0.4, -0.2) is 47.8 Å². The Bertz CT molecular complexity index is 475. The molecule has 2 fully saturated rings. The molecule has 0 aromatic heterocycles. The summed E-state index contributed by atoms with van der Waals surface area (Å²) in [5.74, 6) is -4.47. The molecule has 0 radical (unpaired) electrons. The predicted octanol–water partition coefficient (Wildman–Crippen LogP) is 2.72. The van der Waals surface area contributed by atoms with Crippen LogP contribution in [-0.2, 0) is 4.79 Å². The largest absolute Gasteiger partial charge is 0.481 e. The number of urea groups is 1. The second-order valence-corrected chi connectivity index (χ2v) is 7.24. The molecule has 0 bridgehead atoms. The molecule has 1 aliphatic carbocycles. The van der Waals surface area contributed by atoms with E-state index >= 15 is 0 Å². The summed E-state index contributed by atoms with van der Waals surface area (Å²) in [5.41, 5.74) is 0.108. The monoisotopic (exact) mass is 336 g/mol. The Labute approximate surface area is 133 Å². The highest BCUT2D eigenvalue weighted by Crippen LogP contribution is 2.47. The molecule has 8 heteroatoms. The van der Waals surface area contributed by atoms with E-state index in [0.29, 0.717) is 12.5 Å². The molecule has 0 spiro atoms. The average molecular weight is 336 g/mol. The molecule has 1 heterocycles. The lowest BCUT2D eigenvalue weighted by Gasteiger charge is -2.25. The molecule has 2 amide bonds. The summed E-state index contributed by atoms with van der Waals surface area (Å²) in [6, 6.07) is -0.616. The minimum atomic E-state index is -4.62. The number of alkyl halides is 3. The van der Waals surface area contributed by atoms with Crippen molar-refractivity contribution in [2.24, 2.45) is 23.2 Å². The molecule has 2 aliphatic rings. The molecule has 1 saturated carbocycles. The normalized spacial score (nSPS) is 25.5. The van der Waals surface area contributed by atoms with Gasteiger partial charge < -0.3 is 15.3 Å². The van der Waals surface area contributed by atoms with E-state index in [0.717, 1.165) is 11.3 Å². The summed E-state index contributed by atoms with van der Waals surface area (Å²) in [7, 11) is 0. The van der Waals surface area contributed by atoms with Crippen LogP contribution in [0.4, 0.5) is 18.0 Å². The predicted molar refractivity (Wildman–Crippen MR) is 76.8 cm³/mol. The standard InChI is InChI=1S/C15H23F3N2O3/c1-14(2,9-3-4-9)5-6-19-13(23)20-7-10(12(21)22)11(8-20)15(16,17)18/h9-11H,3-8H2,1-2H3,(H,19,23)(H,21,22)/t10-,11-/m1/s1. The van der Waals surface area contributed by atoms with Crippen LogP contribution in [0.25, 0.3) is 0 Å². The van der Waals surface area contributed by atoms with Crippen LogP contribution in [0.15, 0.2) is 0 Å². The van der Waals surface area contributed by atoms with E-state index in [1.165, 1.54) is 12.8 Å². The number of aliphatic carboxylic acids is 1. The first-order valence-electron chi connectivity index (χ1n) is 7.84. The summed E-state index contributed by atoms with van der Waals surface area (Å²) in [5, 5.41) is 11.6. The zero-order chi connectivity index (χ0) is 17.4. The maximum Gasteiger partial charge on any atom is 0.394 e. The Morgan fingerprint density at radius 3 is 2.26 bits per heavy atom. The number of halogens is 3. The molecule has 2 atom stereocenters. The van der Waals surface area contributed by atoms with E-state index in [2.05, 4.69) is 19.2 Å². The quantitative estimate of drug-likeness (QED) is 0.811. The number of hydrogen-bond acceptors (Lipinski definition) is 2. The first kappa shape index (κ1) is 17.9. The second kappa shape index (κ2) is 6.20. The molecular weight excluding hydrogens is 313 g/mol. The van der Waals surface area contributed by atoms with Crippen molar-refractivity contribution >= 4 is 12.0 Å². The first-order chi connectivity index (χ1) is 10.5.